The van der Waals surface area contributed by atoms with Crippen molar-refractivity contribution < 1.29 is 0 Å². The quantitative estimate of drug-likeness (QED) is 0.743. The molecule has 138 valence electrons. The van der Waals surface area contributed by atoms with Gasteiger partial charge in [0.25, 0.3) is 5.56 Å². The Morgan fingerprint density at radius 3 is 2.78 bits per heavy atom. The van der Waals surface area contributed by atoms with E-state index in [1.54, 1.807) is 7.05 Å². The van der Waals surface area contributed by atoms with Crippen LogP contribution < -0.4 is 16.2 Å². The molecule has 1 atom stereocenters. The molecular weight excluding hydrogens is 342 g/mol. The van der Waals surface area contributed by atoms with Gasteiger partial charge in [-0.05, 0) is 18.4 Å². The van der Waals surface area contributed by atoms with Crippen LogP contribution in [0.15, 0.2) is 35.1 Å². The second kappa shape index (κ2) is 6.85. The van der Waals surface area contributed by atoms with Crippen LogP contribution in [-0.4, -0.2) is 38.2 Å². The largest absolute Gasteiger partial charge is 0.341 e. The first kappa shape index (κ1) is 17.2. The van der Waals surface area contributed by atoms with E-state index >= 15 is 0 Å². The van der Waals surface area contributed by atoms with Gasteiger partial charge in [0.05, 0.1) is 6.54 Å². The molecule has 2 aromatic heterocycles. The highest BCUT2D eigenvalue weighted by atomic mass is 16.1. The van der Waals surface area contributed by atoms with E-state index in [0.717, 1.165) is 24.9 Å². The van der Waals surface area contributed by atoms with Gasteiger partial charge in [-0.25, -0.2) is 0 Å². The molecular formula is C19H21N7O. The molecule has 1 aromatic carbocycles. The Hall–Kier alpha value is -3.18. The summed E-state index contributed by atoms with van der Waals surface area (Å²) < 4.78 is 3.18. The topological polar surface area (TPSA) is 106 Å². The Morgan fingerprint density at radius 1 is 1.30 bits per heavy atom. The molecule has 0 aliphatic carbocycles. The standard InChI is InChI=1S/C19H21N7O/c1-24-15(10-20)22-17-16(18(24)27)26(11-13-6-3-2-4-7-13)19(23-17)25-9-5-8-14(21)12-25/h2-4,6-7,14H,5,8-9,11-12,21H2,1H3. The number of hydrogen-bond donors (Lipinski definition) is 1. The van der Waals surface area contributed by atoms with Crippen LogP contribution in [-0.2, 0) is 13.6 Å². The fourth-order valence-electron chi connectivity index (χ4n) is 3.60. The number of imidazole rings is 1. The summed E-state index contributed by atoms with van der Waals surface area (Å²) in [6.45, 7) is 2.02. The van der Waals surface area contributed by atoms with Gasteiger partial charge in [-0.1, -0.05) is 30.3 Å². The van der Waals surface area contributed by atoms with E-state index in [1.807, 2.05) is 41.0 Å². The molecule has 1 aliphatic heterocycles. The minimum atomic E-state index is -0.271. The molecule has 1 aliphatic rings. The first-order valence-electron chi connectivity index (χ1n) is 9.00. The molecule has 27 heavy (non-hydrogen) atoms. The number of anilines is 1. The Balaban J connectivity index is 1.93. The maximum absolute atomic E-state index is 12.9. The van der Waals surface area contributed by atoms with E-state index in [1.165, 1.54) is 4.57 Å². The Morgan fingerprint density at radius 2 is 2.07 bits per heavy atom. The van der Waals surface area contributed by atoms with Crippen LogP contribution in [0.2, 0.25) is 0 Å². The van der Waals surface area contributed by atoms with E-state index in [9.17, 15) is 10.1 Å². The lowest BCUT2D eigenvalue weighted by Gasteiger charge is -2.31. The summed E-state index contributed by atoms with van der Waals surface area (Å²) in [5, 5.41) is 9.26. The van der Waals surface area contributed by atoms with E-state index in [2.05, 4.69) is 14.9 Å². The van der Waals surface area contributed by atoms with Gasteiger partial charge in [-0.2, -0.15) is 15.2 Å². The van der Waals surface area contributed by atoms with Gasteiger partial charge in [-0.3, -0.25) is 13.9 Å². The van der Waals surface area contributed by atoms with Crippen LogP contribution in [0.5, 0.6) is 0 Å². The average molecular weight is 363 g/mol. The third kappa shape index (κ3) is 3.06. The lowest BCUT2D eigenvalue weighted by atomic mass is 10.1. The number of fused-ring (bicyclic) bond motifs is 1. The molecule has 1 fully saturated rings. The van der Waals surface area contributed by atoms with Gasteiger partial charge in [0.2, 0.25) is 11.8 Å². The van der Waals surface area contributed by atoms with Crippen molar-refractivity contribution in [3.63, 3.8) is 0 Å². The smallest absolute Gasteiger partial charge is 0.280 e. The molecule has 0 spiro atoms. The highest BCUT2D eigenvalue weighted by molar-refractivity contribution is 5.74. The molecule has 1 saturated heterocycles. The van der Waals surface area contributed by atoms with Crippen molar-refractivity contribution in [1.29, 1.82) is 5.26 Å². The lowest BCUT2D eigenvalue weighted by molar-refractivity contribution is 0.495. The van der Waals surface area contributed by atoms with E-state index in [4.69, 9.17) is 5.73 Å². The van der Waals surface area contributed by atoms with Crippen molar-refractivity contribution in [3.05, 3.63) is 52.1 Å². The van der Waals surface area contributed by atoms with Gasteiger partial charge in [0.1, 0.15) is 6.07 Å². The second-order valence-electron chi connectivity index (χ2n) is 6.92. The molecule has 2 N–H and O–H groups in total. The average Bonchev–Trinajstić information content (AvgIpc) is 3.04. The predicted molar refractivity (Wildman–Crippen MR) is 102 cm³/mol. The summed E-state index contributed by atoms with van der Waals surface area (Å²) in [4.78, 5) is 24.0. The molecule has 4 rings (SSSR count). The van der Waals surface area contributed by atoms with Crippen molar-refractivity contribution >= 4 is 17.1 Å². The highest BCUT2D eigenvalue weighted by Gasteiger charge is 2.25. The van der Waals surface area contributed by atoms with E-state index in [-0.39, 0.29) is 17.4 Å². The van der Waals surface area contributed by atoms with Crippen molar-refractivity contribution in [2.75, 3.05) is 18.0 Å². The van der Waals surface area contributed by atoms with Gasteiger partial charge in [0.15, 0.2) is 11.2 Å². The van der Waals surface area contributed by atoms with Gasteiger partial charge in [0, 0.05) is 26.2 Å². The molecule has 0 amide bonds. The summed E-state index contributed by atoms with van der Waals surface area (Å²) in [5.41, 5.74) is 7.66. The monoisotopic (exact) mass is 363 g/mol. The summed E-state index contributed by atoms with van der Waals surface area (Å²) >= 11 is 0. The summed E-state index contributed by atoms with van der Waals surface area (Å²) in [6, 6.07) is 12.0. The second-order valence-corrected chi connectivity index (χ2v) is 6.92. The number of piperidine rings is 1. The lowest BCUT2D eigenvalue weighted by Crippen LogP contribution is -2.44. The number of rotatable bonds is 3. The zero-order valence-electron chi connectivity index (χ0n) is 15.2. The normalized spacial score (nSPS) is 17.2. The third-order valence-corrected chi connectivity index (χ3v) is 4.99. The maximum Gasteiger partial charge on any atom is 0.280 e. The molecule has 0 bridgehead atoms. The minimum Gasteiger partial charge on any atom is -0.341 e. The van der Waals surface area contributed by atoms with Crippen LogP contribution >= 0.6 is 0 Å². The number of nitrogens with zero attached hydrogens (tertiary/aromatic N) is 6. The zero-order valence-corrected chi connectivity index (χ0v) is 15.2. The molecule has 8 heteroatoms. The molecule has 0 saturated carbocycles. The fourth-order valence-corrected chi connectivity index (χ4v) is 3.60. The van der Waals surface area contributed by atoms with Gasteiger partial charge in [-0.15, -0.1) is 0 Å². The van der Waals surface area contributed by atoms with Crippen LogP contribution in [0.25, 0.3) is 11.2 Å². The minimum absolute atomic E-state index is 0.0544. The molecule has 3 aromatic rings. The molecule has 3 heterocycles. The number of nitriles is 1. The summed E-state index contributed by atoms with van der Waals surface area (Å²) in [6.07, 6.45) is 1.96. The molecule has 0 radical (unpaired) electrons. The predicted octanol–water partition coefficient (Wildman–Crippen LogP) is 0.977. The highest BCUT2D eigenvalue weighted by Crippen LogP contribution is 2.24. The van der Waals surface area contributed by atoms with Crippen LogP contribution in [0.1, 0.15) is 24.2 Å². The number of benzene rings is 1. The van der Waals surface area contributed by atoms with Crippen LogP contribution in [0.3, 0.4) is 0 Å². The van der Waals surface area contributed by atoms with Crippen molar-refractivity contribution in [3.8, 4) is 6.07 Å². The molecule has 1 unspecified atom stereocenters. The summed E-state index contributed by atoms with van der Waals surface area (Å²) in [7, 11) is 1.56. The first-order chi connectivity index (χ1) is 13.1. The van der Waals surface area contributed by atoms with E-state index in [0.29, 0.717) is 30.2 Å². The Kier molecular flexibility index (Phi) is 4.38. The third-order valence-electron chi connectivity index (χ3n) is 4.99. The van der Waals surface area contributed by atoms with Crippen LogP contribution in [0, 0.1) is 11.3 Å². The van der Waals surface area contributed by atoms with Gasteiger partial charge >= 0.3 is 0 Å². The Labute approximate surface area is 156 Å². The Bertz CT molecular complexity index is 1080. The van der Waals surface area contributed by atoms with Gasteiger partial charge < -0.3 is 10.6 Å². The fraction of sp³-hybridized carbons (Fsp3) is 0.368. The van der Waals surface area contributed by atoms with Crippen molar-refractivity contribution in [2.45, 2.75) is 25.4 Å². The summed E-state index contributed by atoms with van der Waals surface area (Å²) in [5.74, 6) is 0.738. The van der Waals surface area contributed by atoms with Crippen molar-refractivity contribution in [1.82, 2.24) is 19.1 Å². The maximum atomic E-state index is 12.9. The zero-order chi connectivity index (χ0) is 19.0. The molecule has 8 nitrogen and oxygen atoms in total. The van der Waals surface area contributed by atoms with Crippen LogP contribution in [0.4, 0.5) is 5.95 Å². The SMILES string of the molecule is Cn1c(C#N)nc2nc(N3CCCC(N)C3)n(Cc3ccccc3)c2c1=O. The number of hydrogen-bond acceptors (Lipinski definition) is 6. The van der Waals surface area contributed by atoms with E-state index < -0.39 is 0 Å². The van der Waals surface area contributed by atoms with Crippen molar-refractivity contribution in [2.24, 2.45) is 12.8 Å². The first-order valence-corrected chi connectivity index (χ1v) is 9.00. The number of aromatic nitrogens is 4. The number of nitrogens with two attached hydrogens (primary N) is 1.